The standard InChI is InChI=1S/C24H16F6N4O4/c1-34-13-15(12-32-34)21-11-18(5-6-31-21)36-17-4-2-3-16(9-17)33-22(35)14-7-19(37-23(25,26)27)10-20(8-14)38-24(28,29)30/h2-13H,1H3,(H,33,35). The highest BCUT2D eigenvalue weighted by Gasteiger charge is 2.34. The molecule has 0 bridgehead atoms. The highest BCUT2D eigenvalue weighted by atomic mass is 19.4. The molecule has 0 aliphatic rings. The van der Waals surface area contributed by atoms with Crippen LogP contribution in [-0.2, 0) is 7.05 Å². The van der Waals surface area contributed by atoms with E-state index in [1.54, 1.807) is 42.3 Å². The zero-order valence-electron chi connectivity index (χ0n) is 19.2. The fourth-order valence-electron chi connectivity index (χ4n) is 3.25. The number of aryl methyl sites for hydroxylation is 1. The Bertz CT molecular complexity index is 1420. The molecule has 0 radical (unpaired) electrons. The number of pyridine rings is 1. The van der Waals surface area contributed by atoms with E-state index >= 15 is 0 Å². The molecule has 198 valence electrons. The molecular weight excluding hydrogens is 522 g/mol. The fourth-order valence-corrected chi connectivity index (χ4v) is 3.25. The predicted molar refractivity (Wildman–Crippen MR) is 121 cm³/mol. The minimum Gasteiger partial charge on any atom is -0.457 e. The molecule has 1 amide bonds. The molecule has 2 aromatic heterocycles. The van der Waals surface area contributed by atoms with Crippen molar-refractivity contribution in [2.75, 3.05) is 5.32 Å². The Hall–Kier alpha value is -4.75. The van der Waals surface area contributed by atoms with Crippen LogP contribution in [0.5, 0.6) is 23.0 Å². The molecule has 4 aromatic rings. The molecule has 4 rings (SSSR count). The van der Waals surface area contributed by atoms with Crippen molar-refractivity contribution in [3.05, 3.63) is 78.8 Å². The van der Waals surface area contributed by atoms with Gasteiger partial charge in [0.05, 0.1) is 11.9 Å². The first kappa shape index (κ1) is 26.3. The van der Waals surface area contributed by atoms with Gasteiger partial charge in [-0.3, -0.25) is 14.5 Å². The molecule has 0 aliphatic carbocycles. The van der Waals surface area contributed by atoms with Crippen molar-refractivity contribution in [1.82, 2.24) is 14.8 Å². The quantitative estimate of drug-likeness (QED) is 0.277. The number of amides is 1. The van der Waals surface area contributed by atoms with E-state index in [9.17, 15) is 31.1 Å². The average molecular weight is 538 g/mol. The molecule has 0 saturated heterocycles. The number of ether oxygens (including phenoxy) is 3. The first-order valence-corrected chi connectivity index (χ1v) is 10.5. The molecule has 8 nitrogen and oxygen atoms in total. The number of hydrogen-bond acceptors (Lipinski definition) is 6. The molecule has 2 heterocycles. The molecule has 0 saturated carbocycles. The van der Waals surface area contributed by atoms with Gasteiger partial charge < -0.3 is 19.5 Å². The molecule has 1 N–H and O–H groups in total. The predicted octanol–water partition coefficient (Wildman–Crippen LogP) is 6.32. The topological polar surface area (TPSA) is 87.5 Å². The van der Waals surface area contributed by atoms with E-state index in [4.69, 9.17) is 4.74 Å². The number of anilines is 1. The number of carbonyl (C=O) groups excluding carboxylic acids is 1. The molecule has 0 atom stereocenters. The molecule has 0 fully saturated rings. The van der Waals surface area contributed by atoms with Gasteiger partial charge in [-0.1, -0.05) is 6.07 Å². The number of halogens is 6. The van der Waals surface area contributed by atoms with Crippen LogP contribution in [0.4, 0.5) is 32.0 Å². The maximum absolute atomic E-state index is 12.7. The first-order chi connectivity index (χ1) is 17.8. The summed E-state index contributed by atoms with van der Waals surface area (Å²) >= 11 is 0. The van der Waals surface area contributed by atoms with E-state index in [-0.39, 0.29) is 11.4 Å². The van der Waals surface area contributed by atoms with Gasteiger partial charge in [-0.2, -0.15) is 5.10 Å². The van der Waals surface area contributed by atoms with Crippen LogP contribution in [0, 0.1) is 0 Å². The van der Waals surface area contributed by atoms with Crippen LogP contribution < -0.4 is 19.5 Å². The summed E-state index contributed by atoms with van der Waals surface area (Å²) in [5.41, 5.74) is 0.921. The van der Waals surface area contributed by atoms with Crippen molar-refractivity contribution in [3.63, 3.8) is 0 Å². The summed E-state index contributed by atoms with van der Waals surface area (Å²) in [5, 5.41) is 6.47. The Morgan fingerprint density at radius 1 is 0.868 bits per heavy atom. The number of benzene rings is 2. The Morgan fingerprint density at radius 2 is 1.53 bits per heavy atom. The maximum atomic E-state index is 12.7. The molecule has 0 spiro atoms. The lowest BCUT2D eigenvalue weighted by Gasteiger charge is -2.14. The van der Waals surface area contributed by atoms with Gasteiger partial charge in [-0.15, -0.1) is 26.3 Å². The molecule has 0 unspecified atom stereocenters. The van der Waals surface area contributed by atoms with Crippen LogP contribution >= 0.6 is 0 Å². The van der Waals surface area contributed by atoms with Gasteiger partial charge in [0.2, 0.25) is 0 Å². The zero-order valence-corrected chi connectivity index (χ0v) is 19.2. The van der Waals surface area contributed by atoms with Crippen LogP contribution in [0.25, 0.3) is 11.3 Å². The fraction of sp³-hybridized carbons (Fsp3) is 0.125. The summed E-state index contributed by atoms with van der Waals surface area (Å²) in [7, 11) is 1.76. The largest absolute Gasteiger partial charge is 0.573 e. The van der Waals surface area contributed by atoms with Gasteiger partial charge in [0, 0.05) is 54.5 Å². The van der Waals surface area contributed by atoms with Gasteiger partial charge in [-0.05, 0) is 30.3 Å². The maximum Gasteiger partial charge on any atom is 0.573 e. The number of hydrogen-bond donors (Lipinski definition) is 1. The molecule has 38 heavy (non-hydrogen) atoms. The Morgan fingerprint density at radius 3 is 2.13 bits per heavy atom. The SMILES string of the molecule is Cn1cc(-c2cc(Oc3cccc(NC(=O)c4cc(OC(F)(F)F)cc(OC(F)(F)F)c4)c3)ccn2)cn1. The van der Waals surface area contributed by atoms with E-state index in [1.807, 2.05) is 0 Å². The second kappa shape index (κ2) is 10.3. The highest BCUT2D eigenvalue weighted by Crippen LogP contribution is 2.32. The normalized spacial score (nSPS) is 11.7. The lowest BCUT2D eigenvalue weighted by atomic mass is 10.1. The second-order valence-electron chi connectivity index (χ2n) is 7.65. The van der Waals surface area contributed by atoms with Gasteiger partial charge in [0.25, 0.3) is 5.91 Å². The summed E-state index contributed by atoms with van der Waals surface area (Å²) in [6.45, 7) is 0. The zero-order chi connectivity index (χ0) is 27.5. The third-order valence-electron chi connectivity index (χ3n) is 4.67. The monoisotopic (exact) mass is 538 g/mol. The number of alkyl halides is 6. The Kier molecular flexibility index (Phi) is 7.15. The van der Waals surface area contributed by atoms with Gasteiger partial charge in [0.15, 0.2) is 0 Å². The third kappa shape index (κ3) is 7.38. The van der Waals surface area contributed by atoms with Crippen LogP contribution in [0.3, 0.4) is 0 Å². The molecule has 2 aromatic carbocycles. The second-order valence-corrected chi connectivity index (χ2v) is 7.65. The van der Waals surface area contributed by atoms with E-state index in [2.05, 4.69) is 24.9 Å². The number of carbonyl (C=O) groups is 1. The van der Waals surface area contributed by atoms with Crippen molar-refractivity contribution >= 4 is 11.6 Å². The van der Waals surface area contributed by atoms with Crippen molar-refractivity contribution < 1.29 is 45.3 Å². The first-order valence-electron chi connectivity index (χ1n) is 10.5. The van der Waals surface area contributed by atoms with Crippen LogP contribution in [0.2, 0.25) is 0 Å². The number of rotatable bonds is 7. The Balaban J connectivity index is 1.53. The minimum absolute atomic E-state index is 0.148. The van der Waals surface area contributed by atoms with Crippen molar-refractivity contribution in [1.29, 1.82) is 0 Å². The summed E-state index contributed by atoms with van der Waals surface area (Å²) in [5.74, 6) is -2.47. The number of nitrogens with one attached hydrogen (secondary N) is 1. The van der Waals surface area contributed by atoms with Crippen LogP contribution in [0.1, 0.15) is 10.4 Å². The van der Waals surface area contributed by atoms with Gasteiger partial charge in [0.1, 0.15) is 23.0 Å². The van der Waals surface area contributed by atoms with Crippen LogP contribution in [-0.4, -0.2) is 33.4 Å². The minimum atomic E-state index is -5.21. The summed E-state index contributed by atoms with van der Waals surface area (Å²) in [6, 6.07) is 10.8. The number of aromatic nitrogens is 3. The third-order valence-corrected chi connectivity index (χ3v) is 4.67. The molecule has 14 heteroatoms. The van der Waals surface area contributed by atoms with E-state index in [1.165, 1.54) is 24.4 Å². The molecular formula is C24H16F6N4O4. The van der Waals surface area contributed by atoms with Gasteiger partial charge >= 0.3 is 12.7 Å². The average Bonchev–Trinajstić information content (AvgIpc) is 3.23. The van der Waals surface area contributed by atoms with E-state index < -0.39 is 35.7 Å². The Labute approximate surface area is 210 Å². The lowest BCUT2D eigenvalue weighted by Crippen LogP contribution is -2.20. The summed E-state index contributed by atoms with van der Waals surface area (Å²) in [6.07, 6.45) is -5.50. The summed E-state index contributed by atoms with van der Waals surface area (Å²) < 4.78 is 90.5. The number of nitrogens with zero attached hydrogens (tertiary/aromatic N) is 3. The van der Waals surface area contributed by atoms with E-state index in [0.29, 0.717) is 29.6 Å². The van der Waals surface area contributed by atoms with Crippen molar-refractivity contribution in [3.8, 4) is 34.3 Å². The molecule has 0 aliphatic heterocycles. The van der Waals surface area contributed by atoms with Crippen LogP contribution in [0.15, 0.2) is 73.2 Å². The van der Waals surface area contributed by atoms with Crippen molar-refractivity contribution in [2.45, 2.75) is 12.7 Å². The lowest BCUT2D eigenvalue weighted by molar-refractivity contribution is -0.276. The van der Waals surface area contributed by atoms with E-state index in [0.717, 1.165) is 5.56 Å². The highest BCUT2D eigenvalue weighted by molar-refractivity contribution is 6.04. The summed E-state index contributed by atoms with van der Waals surface area (Å²) in [4.78, 5) is 16.9. The smallest absolute Gasteiger partial charge is 0.457 e. The van der Waals surface area contributed by atoms with Crippen molar-refractivity contribution in [2.24, 2.45) is 7.05 Å². The van der Waals surface area contributed by atoms with Gasteiger partial charge in [-0.25, -0.2) is 0 Å².